The molecule has 4 rings (SSSR count). The maximum absolute atomic E-state index is 4.45. The molecule has 6 heteroatoms. The molecule has 24 heavy (non-hydrogen) atoms. The van der Waals surface area contributed by atoms with Crippen LogP contribution >= 0.6 is 27.7 Å². The van der Waals surface area contributed by atoms with Crippen molar-refractivity contribution in [3.63, 3.8) is 0 Å². The van der Waals surface area contributed by atoms with Crippen LogP contribution in [0, 0.1) is 0 Å². The maximum atomic E-state index is 4.45. The molecule has 0 N–H and O–H groups in total. The minimum atomic E-state index is 0.334. The fraction of sp³-hybridized carbons (Fsp3) is 0.222. The fourth-order valence-corrected chi connectivity index (χ4v) is 4.09. The first-order valence-electron chi connectivity index (χ1n) is 7.86. The van der Waals surface area contributed by atoms with Gasteiger partial charge in [-0.2, -0.15) is 0 Å². The van der Waals surface area contributed by atoms with Crippen LogP contribution in [0.3, 0.4) is 0 Å². The van der Waals surface area contributed by atoms with Gasteiger partial charge in [-0.3, -0.25) is 4.40 Å². The van der Waals surface area contributed by atoms with E-state index in [4.69, 9.17) is 0 Å². The molecule has 0 amide bonds. The molecule has 0 radical (unpaired) electrons. The van der Waals surface area contributed by atoms with Gasteiger partial charge in [0.1, 0.15) is 0 Å². The van der Waals surface area contributed by atoms with Crippen molar-refractivity contribution in [2.24, 2.45) is 0 Å². The summed E-state index contributed by atoms with van der Waals surface area (Å²) in [6, 6.07) is 17.2. The van der Waals surface area contributed by atoms with Crippen LogP contribution in [0.25, 0.3) is 16.8 Å². The highest BCUT2D eigenvalue weighted by Crippen LogP contribution is 2.29. The molecule has 0 bridgehead atoms. The zero-order valence-electron chi connectivity index (χ0n) is 13.5. The van der Waals surface area contributed by atoms with Crippen molar-refractivity contribution in [1.29, 1.82) is 0 Å². The van der Waals surface area contributed by atoms with E-state index in [1.54, 1.807) is 11.8 Å². The molecule has 2 aromatic carbocycles. The van der Waals surface area contributed by atoms with Crippen LogP contribution in [0.2, 0.25) is 0 Å². The number of fused-ring (bicyclic) bond motifs is 3. The van der Waals surface area contributed by atoms with Gasteiger partial charge in [-0.25, -0.2) is 0 Å². The molecule has 0 atom stereocenters. The maximum Gasteiger partial charge on any atom is 0.237 e. The third kappa shape index (κ3) is 2.63. The van der Waals surface area contributed by atoms with E-state index in [9.17, 15) is 0 Å². The quantitative estimate of drug-likeness (QED) is 0.434. The van der Waals surface area contributed by atoms with Gasteiger partial charge < -0.3 is 4.57 Å². The number of benzene rings is 2. The van der Waals surface area contributed by atoms with Crippen molar-refractivity contribution in [3.05, 3.63) is 58.6 Å². The van der Waals surface area contributed by atoms with Crippen molar-refractivity contribution in [3.8, 4) is 0 Å². The summed E-state index contributed by atoms with van der Waals surface area (Å²) in [5.41, 5.74) is 3.62. The second kappa shape index (κ2) is 6.26. The highest BCUT2D eigenvalue weighted by molar-refractivity contribution is 9.10. The van der Waals surface area contributed by atoms with Gasteiger partial charge in [0.2, 0.25) is 5.78 Å². The number of imidazole rings is 1. The summed E-state index contributed by atoms with van der Waals surface area (Å²) in [5, 5.41) is 9.81. The number of hydrogen-bond acceptors (Lipinski definition) is 3. The standard InChI is InChI=1S/C18H17BrN4S/c1-12(2)22-15-5-3-4-6-16(15)23-17(22)20-21-18(23)24-11-13-7-9-14(19)10-8-13/h3-10,12H,11H2,1-2H3. The van der Waals surface area contributed by atoms with Crippen LogP contribution in [0.4, 0.5) is 0 Å². The normalized spacial score (nSPS) is 11.8. The average molecular weight is 401 g/mol. The fourth-order valence-electron chi connectivity index (χ4n) is 2.92. The molecule has 122 valence electrons. The van der Waals surface area contributed by atoms with E-state index in [0.29, 0.717) is 6.04 Å². The highest BCUT2D eigenvalue weighted by atomic mass is 79.9. The van der Waals surface area contributed by atoms with Gasteiger partial charge in [0.25, 0.3) is 0 Å². The van der Waals surface area contributed by atoms with Crippen molar-refractivity contribution in [1.82, 2.24) is 19.2 Å². The molecule has 4 nitrogen and oxygen atoms in total. The van der Waals surface area contributed by atoms with Gasteiger partial charge in [-0.05, 0) is 43.7 Å². The smallest absolute Gasteiger partial charge is 0.237 e. The van der Waals surface area contributed by atoms with E-state index >= 15 is 0 Å². The van der Waals surface area contributed by atoms with Gasteiger partial charge >= 0.3 is 0 Å². The van der Waals surface area contributed by atoms with Crippen molar-refractivity contribution in [2.75, 3.05) is 0 Å². The number of hydrogen-bond donors (Lipinski definition) is 0. The molecule has 2 aromatic heterocycles. The summed E-state index contributed by atoms with van der Waals surface area (Å²) in [5.74, 6) is 1.78. The second-order valence-corrected chi connectivity index (χ2v) is 7.84. The molecule has 0 spiro atoms. The summed E-state index contributed by atoms with van der Waals surface area (Å²) in [6.07, 6.45) is 0. The Balaban J connectivity index is 1.76. The third-order valence-electron chi connectivity index (χ3n) is 4.01. The van der Waals surface area contributed by atoms with Gasteiger partial charge in [-0.15, -0.1) is 10.2 Å². The molecule has 0 saturated carbocycles. The van der Waals surface area contributed by atoms with Crippen LogP contribution in [-0.2, 0) is 5.75 Å². The van der Waals surface area contributed by atoms with Gasteiger partial charge in [0.05, 0.1) is 11.0 Å². The Morgan fingerprint density at radius 2 is 1.71 bits per heavy atom. The van der Waals surface area contributed by atoms with Gasteiger partial charge in [0.15, 0.2) is 5.16 Å². The molecule has 0 aliphatic carbocycles. The van der Waals surface area contributed by atoms with Crippen LogP contribution in [0.15, 0.2) is 58.2 Å². The number of nitrogens with zero attached hydrogens (tertiary/aromatic N) is 4. The number of halogens is 1. The topological polar surface area (TPSA) is 35.1 Å². The molecule has 0 aliphatic rings. The Labute approximate surface area is 153 Å². The molecular formula is C18H17BrN4S. The SMILES string of the molecule is CC(C)n1c2ccccc2n2c(SCc3ccc(Br)cc3)nnc12. The lowest BCUT2D eigenvalue weighted by atomic mass is 10.2. The van der Waals surface area contributed by atoms with Crippen LogP contribution in [-0.4, -0.2) is 19.2 Å². The third-order valence-corrected chi connectivity index (χ3v) is 5.54. The van der Waals surface area contributed by atoms with Crippen LogP contribution < -0.4 is 0 Å². The van der Waals surface area contributed by atoms with Crippen molar-refractivity contribution < 1.29 is 0 Å². The van der Waals surface area contributed by atoms with E-state index in [1.807, 2.05) is 0 Å². The van der Waals surface area contributed by atoms with E-state index in [-0.39, 0.29) is 0 Å². The minimum absolute atomic E-state index is 0.334. The Morgan fingerprint density at radius 3 is 2.42 bits per heavy atom. The molecule has 0 aliphatic heterocycles. The summed E-state index contributed by atoms with van der Waals surface area (Å²) < 4.78 is 5.51. The Bertz CT molecular complexity index is 1000. The molecular weight excluding hydrogens is 384 g/mol. The molecule has 0 fully saturated rings. The minimum Gasteiger partial charge on any atom is -0.306 e. The summed E-state index contributed by atoms with van der Waals surface area (Å²) >= 11 is 5.19. The zero-order chi connectivity index (χ0) is 16.7. The van der Waals surface area contributed by atoms with Crippen LogP contribution in [0.5, 0.6) is 0 Å². The largest absolute Gasteiger partial charge is 0.306 e. The zero-order valence-corrected chi connectivity index (χ0v) is 15.9. The van der Waals surface area contributed by atoms with Gasteiger partial charge in [-0.1, -0.05) is 52.0 Å². The summed E-state index contributed by atoms with van der Waals surface area (Å²) in [7, 11) is 0. The number of aromatic nitrogens is 4. The monoisotopic (exact) mass is 400 g/mol. The van der Waals surface area contributed by atoms with Crippen LogP contribution in [0.1, 0.15) is 25.5 Å². The molecule has 2 heterocycles. The van der Waals surface area contributed by atoms with Gasteiger partial charge in [0, 0.05) is 16.3 Å². The predicted molar refractivity (Wildman–Crippen MR) is 103 cm³/mol. The second-order valence-electron chi connectivity index (χ2n) is 5.99. The first kappa shape index (κ1) is 15.7. The lowest BCUT2D eigenvalue weighted by Gasteiger charge is -2.07. The number of thioether (sulfide) groups is 1. The van der Waals surface area contributed by atoms with E-state index in [1.165, 1.54) is 11.1 Å². The first-order chi connectivity index (χ1) is 11.6. The lowest BCUT2D eigenvalue weighted by molar-refractivity contribution is 0.631. The summed E-state index contributed by atoms with van der Waals surface area (Å²) in [6.45, 7) is 4.35. The van der Waals surface area contributed by atoms with E-state index in [2.05, 4.69) is 97.5 Å². The first-order valence-corrected chi connectivity index (χ1v) is 9.64. The van der Waals surface area contributed by atoms with E-state index in [0.717, 1.165) is 26.7 Å². The summed E-state index contributed by atoms with van der Waals surface area (Å²) in [4.78, 5) is 0. The number of rotatable bonds is 4. The molecule has 0 saturated heterocycles. The van der Waals surface area contributed by atoms with Crippen molar-refractivity contribution in [2.45, 2.75) is 30.8 Å². The lowest BCUT2D eigenvalue weighted by Crippen LogP contribution is -2.00. The highest BCUT2D eigenvalue weighted by Gasteiger charge is 2.18. The number of para-hydroxylation sites is 2. The Hall–Kier alpha value is -1.79. The van der Waals surface area contributed by atoms with E-state index < -0.39 is 0 Å². The average Bonchev–Trinajstić information content (AvgIpc) is 3.12. The van der Waals surface area contributed by atoms with Crippen molar-refractivity contribution >= 4 is 44.5 Å². The predicted octanol–water partition coefficient (Wildman–Crippen LogP) is 5.32. The Morgan fingerprint density at radius 1 is 1.00 bits per heavy atom. The molecule has 4 aromatic rings. The molecule has 0 unspecified atom stereocenters. The Kier molecular flexibility index (Phi) is 4.10.